The minimum atomic E-state index is -0.128. The van der Waals surface area contributed by atoms with Crippen LogP contribution in [0.4, 0.5) is 22.7 Å². The molecule has 4 unspecified atom stereocenters. The third-order valence-corrected chi connectivity index (χ3v) is 18.5. The van der Waals surface area contributed by atoms with Crippen molar-refractivity contribution < 1.29 is 0 Å². The molecule has 4 atom stereocenters. The van der Waals surface area contributed by atoms with Crippen molar-refractivity contribution >= 4 is 44.6 Å². The van der Waals surface area contributed by atoms with E-state index < -0.39 is 0 Å². The van der Waals surface area contributed by atoms with Gasteiger partial charge in [-0.15, -0.1) is 0 Å². The Morgan fingerprint density at radius 2 is 0.759 bits per heavy atom. The van der Waals surface area contributed by atoms with E-state index in [2.05, 4.69) is 278 Å². The number of hydrogen-bond donors (Lipinski definition) is 0. The molecule has 10 aromatic carbocycles. The van der Waals surface area contributed by atoms with Crippen LogP contribution in [0.2, 0.25) is 0 Å². The molecule has 0 fully saturated rings. The van der Waals surface area contributed by atoms with Crippen molar-refractivity contribution in [3.63, 3.8) is 0 Å². The van der Waals surface area contributed by atoms with E-state index in [1.165, 1.54) is 101 Å². The van der Waals surface area contributed by atoms with Crippen molar-refractivity contribution in [2.45, 2.75) is 62.4 Å². The van der Waals surface area contributed by atoms with E-state index in [-0.39, 0.29) is 34.7 Å². The zero-order chi connectivity index (χ0) is 52.7. The first-order valence-electron chi connectivity index (χ1n) is 27.8. The normalized spacial score (nSPS) is 18.8. The summed E-state index contributed by atoms with van der Waals surface area (Å²) >= 11 is 0. The molecule has 12 aromatic rings. The van der Waals surface area contributed by atoms with E-state index in [1.54, 1.807) is 12.7 Å². The van der Waals surface area contributed by atoms with E-state index in [0.717, 1.165) is 21.8 Å². The zero-order valence-corrected chi connectivity index (χ0v) is 44.6. The van der Waals surface area contributed by atoms with Gasteiger partial charge < -0.3 is 9.80 Å². The van der Waals surface area contributed by atoms with E-state index in [9.17, 15) is 0 Å². The summed E-state index contributed by atoms with van der Waals surface area (Å²) in [6, 6.07) is 86.7. The van der Waals surface area contributed by atoms with Crippen LogP contribution in [0, 0.1) is 0 Å². The van der Waals surface area contributed by atoms with Crippen LogP contribution in [-0.4, -0.2) is 19.5 Å². The number of fused-ring (bicyclic) bond motifs is 13. The van der Waals surface area contributed by atoms with Crippen molar-refractivity contribution in [2.75, 3.05) is 9.80 Å². The molecule has 2 aromatic heterocycles. The maximum absolute atomic E-state index is 4.72. The van der Waals surface area contributed by atoms with Crippen molar-refractivity contribution in [2.24, 2.45) is 0 Å². The van der Waals surface area contributed by atoms with Crippen LogP contribution < -0.4 is 9.80 Å². The number of hydrogen-bond acceptors (Lipinski definition) is 5. The Kier molecular flexibility index (Phi) is 9.88. The molecule has 0 spiro atoms. The maximum atomic E-state index is 4.72. The first-order chi connectivity index (χ1) is 38.7. The molecular formula is C73H56N6. The molecule has 0 amide bonds. The first kappa shape index (κ1) is 45.8. The Bertz CT molecular complexity index is 4350. The second-order valence-corrected chi connectivity index (χ2v) is 23.3. The summed E-state index contributed by atoms with van der Waals surface area (Å²) < 4.78 is 2.19. The van der Waals surface area contributed by atoms with Gasteiger partial charge in [0.15, 0.2) is 0 Å². The van der Waals surface area contributed by atoms with E-state index >= 15 is 0 Å². The zero-order valence-electron chi connectivity index (χ0n) is 44.6. The molecule has 6 heteroatoms. The van der Waals surface area contributed by atoms with Gasteiger partial charge in [0.2, 0.25) is 5.95 Å². The average molecular weight is 1020 g/mol. The lowest BCUT2D eigenvalue weighted by atomic mass is 9.74. The van der Waals surface area contributed by atoms with Crippen LogP contribution in [0.3, 0.4) is 0 Å². The number of aromatic nitrogens is 4. The third kappa shape index (κ3) is 6.73. The Labute approximate surface area is 461 Å². The van der Waals surface area contributed by atoms with Gasteiger partial charge >= 0.3 is 0 Å². The minimum Gasteiger partial charge on any atom is -0.333 e. The third-order valence-electron chi connectivity index (χ3n) is 18.5. The van der Waals surface area contributed by atoms with Crippen LogP contribution in [0.25, 0.3) is 72.3 Å². The first-order valence-corrected chi connectivity index (χ1v) is 27.8. The summed E-state index contributed by atoms with van der Waals surface area (Å²) in [6.07, 6.45) is 3.18. The molecule has 0 bridgehead atoms. The Morgan fingerprint density at radius 1 is 0.342 bits per heavy atom. The largest absolute Gasteiger partial charge is 0.333 e. The number of benzene rings is 10. The number of rotatable bonds is 7. The highest BCUT2D eigenvalue weighted by molar-refractivity contribution is 6.11. The molecule has 4 heterocycles. The summed E-state index contributed by atoms with van der Waals surface area (Å²) in [5, 5.41) is 2.30. The quantitative estimate of drug-likeness (QED) is 0.159. The fourth-order valence-corrected chi connectivity index (χ4v) is 15.0. The molecule has 2 aliphatic carbocycles. The van der Waals surface area contributed by atoms with Crippen LogP contribution in [-0.2, 0) is 10.8 Å². The summed E-state index contributed by atoms with van der Waals surface area (Å²) in [5.74, 6) is 1.09. The molecule has 79 heavy (non-hydrogen) atoms. The molecule has 0 saturated heterocycles. The predicted octanol–water partition coefficient (Wildman–Crippen LogP) is 18.2. The van der Waals surface area contributed by atoms with Gasteiger partial charge in [-0.05, 0) is 168 Å². The Morgan fingerprint density at radius 3 is 1.25 bits per heavy atom. The van der Waals surface area contributed by atoms with Crippen molar-refractivity contribution in [3.8, 4) is 50.5 Å². The maximum Gasteiger partial charge on any atom is 0.237 e. The SMILES string of the molecule is CC1(C)c2ccccc2C2C1c1cc(-c3ccc4c(c3)c3cc(-c5ccc6c(c5)C5C(c7ccccc7C5(C)C)N6c5cc(-c6ccccc6)cc(-c6ccccc6)c5)ccc3n4-c3ncncn3)ccc1N2c1ccccc1. The Hall–Kier alpha value is -9.39. The lowest BCUT2D eigenvalue weighted by molar-refractivity contribution is 0.420. The van der Waals surface area contributed by atoms with Gasteiger partial charge in [0.25, 0.3) is 0 Å². The molecule has 2 aliphatic heterocycles. The van der Waals surface area contributed by atoms with Crippen LogP contribution in [0.15, 0.2) is 243 Å². The highest BCUT2D eigenvalue weighted by Crippen LogP contribution is 2.67. The number of para-hydroxylation sites is 1. The molecule has 0 saturated carbocycles. The van der Waals surface area contributed by atoms with Gasteiger partial charge in [-0.25, -0.2) is 15.0 Å². The van der Waals surface area contributed by atoms with Crippen LogP contribution in [0.1, 0.15) is 85.0 Å². The smallest absolute Gasteiger partial charge is 0.237 e. The Balaban J connectivity index is 0.850. The van der Waals surface area contributed by atoms with Gasteiger partial charge in [-0.2, -0.15) is 0 Å². The number of nitrogens with zero attached hydrogens (tertiary/aromatic N) is 6. The second-order valence-electron chi connectivity index (χ2n) is 23.3. The van der Waals surface area contributed by atoms with E-state index in [1.807, 2.05) is 0 Å². The highest BCUT2D eigenvalue weighted by atomic mass is 15.2. The van der Waals surface area contributed by atoms with Crippen molar-refractivity contribution in [3.05, 3.63) is 277 Å². The van der Waals surface area contributed by atoms with Gasteiger partial charge in [0, 0.05) is 45.4 Å². The highest BCUT2D eigenvalue weighted by Gasteiger charge is 2.56. The molecule has 0 radical (unpaired) electrons. The molecule has 6 nitrogen and oxygen atoms in total. The molecule has 16 rings (SSSR count). The van der Waals surface area contributed by atoms with Crippen LogP contribution in [0.5, 0.6) is 0 Å². The second kappa shape index (κ2) is 17.1. The monoisotopic (exact) mass is 1020 g/mol. The lowest BCUT2D eigenvalue weighted by Gasteiger charge is -2.31. The predicted molar refractivity (Wildman–Crippen MR) is 323 cm³/mol. The molecule has 4 aliphatic rings. The van der Waals surface area contributed by atoms with Gasteiger partial charge in [-0.1, -0.05) is 179 Å². The van der Waals surface area contributed by atoms with Gasteiger partial charge in [-0.3, -0.25) is 4.57 Å². The van der Waals surface area contributed by atoms with Crippen molar-refractivity contribution in [1.29, 1.82) is 0 Å². The molecule has 378 valence electrons. The minimum absolute atomic E-state index is 0.0654. The van der Waals surface area contributed by atoms with Crippen LogP contribution >= 0.6 is 0 Å². The van der Waals surface area contributed by atoms with Crippen molar-refractivity contribution in [1.82, 2.24) is 19.5 Å². The topological polar surface area (TPSA) is 50.1 Å². The number of anilines is 4. The molecule has 0 N–H and O–H groups in total. The van der Waals surface area contributed by atoms with Gasteiger partial charge in [0.1, 0.15) is 12.7 Å². The average Bonchev–Trinajstić information content (AvgIpc) is 4.39. The molecular weight excluding hydrogens is 961 g/mol. The standard InChI is InChI=1S/C73H56N6/c1-72(2)61-26-16-14-24-55(61)69-67(72)59-41-49(30-34-65(59)77(69)53-22-12-7-13-23-53)47-28-32-63-57(39-47)58-40-48(29-33-64(58)79(63)71-75-43-74-44-76-71)50-31-35-66-60(42-50)68-70(56-25-15-17-27-62(56)73(68,3)4)78(66)54-37-51(45-18-8-5-9-19-45)36-52(38-54)46-20-10-6-11-21-46/h5-44,67-70H,1-4H3. The van der Waals surface area contributed by atoms with Gasteiger partial charge in [0.05, 0.1) is 23.1 Å². The summed E-state index contributed by atoms with van der Waals surface area (Å²) in [5.41, 5.74) is 24.9. The van der Waals surface area contributed by atoms with E-state index in [4.69, 9.17) is 9.97 Å². The summed E-state index contributed by atoms with van der Waals surface area (Å²) in [6.45, 7) is 9.79. The fourth-order valence-electron chi connectivity index (χ4n) is 15.0. The van der Waals surface area contributed by atoms with E-state index in [0.29, 0.717) is 5.95 Å². The summed E-state index contributed by atoms with van der Waals surface area (Å²) in [7, 11) is 0. The summed E-state index contributed by atoms with van der Waals surface area (Å²) in [4.78, 5) is 18.9. The fraction of sp³-hybridized carbons (Fsp3) is 0.137. The lowest BCUT2D eigenvalue weighted by Crippen LogP contribution is -2.25.